The van der Waals surface area contributed by atoms with Crippen molar-refractivity contribution in [3.8, 4) is 11.5 Å². The molecule has 0 saturated heterocycles. The van der Waals surface area contributed by atoms with Gasteiger partial charge in [-0.05, 0) is 36.4 Å². The molecule has 0 amide bonds. The van der Waals surface area contributed by atoms with Crippen LogP contribution in [0.15, 0.2) is 42.5 Å². The lowest BCUT2D eigenvalue weighted by molar-refractivity contribution is 0.0688. The number of hydrogen-bond acceptors (Lipinski definition) is 5. The van der Waals surface area contributed by atoms with Gasteiger partial charge in [0, 0.05) is 0 Å². The van der Waals surface area contributed by atoms with Gasteiger partial charge in [0.15, 0.2) is 11.5 Å². The minimum atomic E-state index is -1.06. The summed E-state index contributed by atoms with van der Waals surface area (Å²) >= 11 is 0. The quantitative estimate of drug-likeness (QED) is 0.757. The Hall–Kier alpha value is -3.09. The van der Waals surface area contributed by atoms with Gasteiger partial charge in [0.25, 0.3) is 0 Å². The van der Waals surface area contributed by atoms with Crippen LogP contribution in [0.25, 0.3) is 5.65 Å². The number of carboxylic acid groups (broad SMARTS) is 1. The second kappa shape index (κ2) is 5.12. The number of rotatable bonds is 4. The topological polar surface area (TPSA) is 97.0 Å². The van der Waals surface area contributed by atoms with Crippen molar-refractivity contribution in [3.05, 3.63) is 54.0 Å². The zero-order chi connectivity index (χ0) is 14.8. The van der Waals surface area contributed by atoms with Gasteiger partial charge < -0.3 is 14.9 Å². The van der Waals surface area contributed by atoms with E-state index >= 15 is 0 Å². The maximum Gasteiger partial charge on any atom is 0.352 e. The Kier molecular flexibility index (Phi) is 3.15. The average Bonchev–Trinajstić information content (AvgIpc) is 2.90. The first-order chi connectivity index (χ1) is 10.1. The summed E-state index contributed by atoms with van der Waals surface area (Å²) < 4.78 is 6.95. The fourth-order valence-electron chi connectivity index (χ4n) is 1.95. The van der Waals surface area contributed by atoms with Crippen LogP contribution in [0.3, 0.4) is 0 Å². The van der Waals surface area contributed by atoms with Crippen molar-refractivity contribution < 1.29 is 19.7 Å². The molecule has 1 aromatic carbocycles. The molecule has 106 valence electrons. The Bertz CT molecular complexity index is 796. The van der Waals surface area contributed by atoms with Crippen LogP contribution in [0.4, 0.5) is 0 Å². The van der Waals surface area contributed by atoms with Crippen LogP contribution >= 0.6 is 0 Å². The van der Waals surface area contributed by atoms with Crippen LogP contribution in [-0.2, 0) is 6.61 Å². The van der Waals surface area contributed by atoms with Crippen LogP contribution in [0.1, 0.15) is 16.3 Å². The first-order valence-electron chi connectivity index (χ1n) is 6.13. The predicted molar refractivity (Wildman–Crippen MR) is 72.4 cm³/mol. The molecular formula is C14H11N3O4. The second-order valence-electron chi connectivity index (χ2n) is 4.31. The monoisotopic (exact) mass is 285 g/mol. The number of benzene rings is 1. The smallest absolute Gasteiger partial charge is 0.352 e. The van der Waals surface area contributed by atoms with Gasteiger partial charge in [-0.3, -0.25) is 4.40 Å². The number of aromatic carboxylic acids is 1. The normalized spacial score (nSPS) is 10.7. The molecule has 0 aliphatic carbocycles. The molecule has 0 aliphatic rings. The van der Waals surface area contributed by atoms with E-state index in [1.807, 2.05) is 0 Å². The summed E-state index contributed by atoms with van der Waals surface area (Å²) in [4.78, 5) is 11.2. The molecule has 0 fully saturated rings. The molecule has 0 saturated carbocycles. The van der Waals surface area contributed by atoms with Crippen molar-refractivity contribution in [1.82, 2.24) is 14.6 Å². The predicted octanol–water partition coefficient (Wildman–Crippen LogP) is 1.71. The van der Waals surface area contributed by atoms with E-state index in [-0.39, 0.29) is 18.1 Å². The van der Waals surface area contributed by atoms with Crippen molar-refractivity contribution in [1.29, 1.82) is 0 Å². The van der Waals surface area contributed by atoms with Crippen molar-refractivity contribution >= 4 is 11.6 Å². The third-order valence-corrected chi connectivity index (χ3v) is 2.92. The number of ether oxygens (including phenoxy) is 1. The zero-order valence-corrected chi connectivity index (χ0v) is 10.8. The molecule has 2 N–H and O–H groups in total. The van der Waals surface area contributed by atoms with Gasteiger partial charge in [-0.2, -0.15) is 0 Å². The lowest BCUT2D eigenvalue weighted by Gasteiger charge is -2.06. The van der Waals surface area contributed by atoms with Gasteiger partial charge in [-0.1, -0.05) is 6.07 Å². The minimum absolute atomic E-state index is 0.0657. The van der Waals surface area contributed by atoms with Crippen molar-refractivity contribution in [2.24, 2.45) is 0 Å². The molecule has 0 unspecified atom stereocenters. The zero-order valence-electron chi connectivity index (χ0n) is 10.8. The third-order valence-electron chi connectivity index (χ3n) is 2.92. The molecule has 3 rings (SSSR count). The van der Waals surface area contributed by atoms with E-state index in [4.69, 9.17) is 4.74 Å². The molecule has 3 aromatic rings. The minimum Gasteiger partial charge on any atom is -0.508 e. The number of carboxylic acids is 1. The Morgan fingerprint density at radius 3 is 2.62 bits per heavy atom. The molecule has 0 spiro atoms. The van der Waals surface area contributed by atoms with Crippen molar-refractivity contribution in [3.63, 3.8) is 0 Å². The molecule has 0 atom stereocenters. The summed E-state index contributed by atoms with van der Waals surface area (Å²) in [6.07, 6.45) is 0. The van der Waals surface area contributed by atoms with E-state index in [0.717, 1.165) is 0 Å². The summed E-state index contributed by atoms with van der Waals surface area (Å²) in [5.41, 5.74) is 0.515. The molecule has 0 radical (unpaired) electrons. The van der Waals surface area contributed by atoms with Crippen LogP contribution in [-0.4, -0.2) is 30.8 Å². The van der Waals surface area contributed by atoms with Gasteiger partial charge in [-0.15, -0.1) is 10.2 Å². The Balaban J connectivity index is 1.90. The third kappa shape index (κ3) is 2.48. The van der Waals surface area contributed by atoms with E-state index in [1.165, 1.54) is 22.6 Å². The van der Waals surface area contributed by atoms with Gasteiger partial charge >= 0.3 is 5.97 Å². The van der Waals surface area contributed by atoms with Crippen molar-refractivity contribution in [2.45, 2.75) is 6.61 Å². The Morgan fingerprint density at radius 1 is 1.14 bits per heavy atom. The first-order valence-corrected chi connectivity index (χ1v) is 6.13. The second-order valence-corrected chi connectivity index (χ2v) is 4.31. The summed E-state index contributed by atoms with van der Waals surface area (Å²) in [5, 5.41) is 26.3. The van der Waals surface area contributed by atoms with Gasteiger partial charge in [0.2, 0.25) is 0 Å². The molecular weight excluding hydrogens is 274 g/mol. The van der Waals surface area contributed by atoms with Crippen LogP contribution in [0, 0.1) is 0 Å². The van der Waals surface area contributed by atoms with Crippen LogP contribution in [0.2, 0.25) is 0 Å². The number of hydrogen-bond donors (Lipinski definition) is 2. The number of pyridine rings is 1. The van der Waals surface area contributed by atoms with E-state index in [0.29, 0.717) is 17.2 Å². The first kappa shape index (κ1) is 12.9. The number of nitrogens with zero attached hydrogens (tertiary/aromatic N) is 3. The largest absolute Gasteiger partial charge is 0.508 e. The summed E-state index contributed by atoms with van der Waals surface area (Å²) in [5.74, 6) is 0.00292. The highest BCUT2D eigenvalue weighted by atomic mass is 16.5. The number of aromatic nitrogens is 3. The van der Waals surface area contributed by atoms with Gasteiger partial charge in [0.05, 0.1) is 0 Å². The fourth-order valence-corrected chi connectivity index (χ4v) is 1.95. The summed E-state index contributed by atoms with van der Waals surface area (Å²) in [6, 6.07) is 11.0. The summed E-state index contributed by atoms with van der Waals surface area (Å²) in [6.45, 7) is 0.0657. The maximum absolute atomic E-state index is 11.2. The number of phenols is 1. The molecule has 0 aliphatic heterocycles. The SMILES string of the molecule is O=C(O)c1cccc2nnc(COc3ccc(O)cc3)n12. The van der Waals surface area contributed by atoms with E-state index in [2.05, 4.69) is 10.2 Å². The van der Waals surface area contributed by atoms with E-state index in [9.17, 15) is 15.0 Å². The number of fused-ring (bicyclic) bond motifs is 1. The maximum atomic E-state index is 11.2. The number of phenolic OH excluding ortho intramolecular Hbond substituents is 1. The number of aromatic hydroxyl groups is 1. The highest BCUT2D eigenvalue weighted by molar-refractivity contribution is 5.86. The van der Waals surface area contributed by atoms with Gasteiger partial charge in [0.1, 0.15) is 23.8 Å². The van der Waals surface area contributed by atoms with Crippen LogP contribution in [0.5, 0.6) is 11.5 Å². The number of carbonyl (C=O) groups is 1. The molecule has 2 aromatic heterocycles. The summed E-state index contributed by atoms with van der Waals surface area (Å²) in [7, 11) is 0. The van der Waals surface area contributed by atoms with Crippen molar-refractivity contribution in [2.75, 3.05) is 0 Å². The molecule has 7 heteroatoms. The Morgan fingerprint density at radius 2 is 1.90 bits per heavy atom. The molecule has 21 heavy (non-hydrogen) atoms. The average molecular weight is 285 g/mol. The Labute approximate surface area is 119 Å². The lowest BCUT2D eigenvalue weighted by Crippen LogP contribution is -2.09. The standard InChI is InChI=1S/C14H11N3O4/c18-9-4-6-10(7-5-9)21-8-13-16-15-12-3-1-2-11(14(19)20)17(12)13/h1-7,18H,8H2,(H,19,20). The lowest BCUT2D eigenvalue weighted by atomic mass is 10.3. The van der Waals surface area contributed by atoms with Gasteiger partial charge in [-0.25, -0.2) is 4.79 Å². The van der Waals surface area contributed by atoms with E-state index < -0.39 is 5.97 Å². The highest BCUT2D eigenvalue weighted by Gasteiger charge is 2.14. The molecule has 2 heterocycles. The fraction of sp³-hybridized carbons (Fsp3) is 0.0714. The van der Waals surface area contributed by atoms with E-state index in [1.54, 1.807) is 24.3 Å². The molecule has 7 nitrogen and oxygen atoms in total. The highest BCUT2D eigenvalue weighted by Crippen LogP contribution is 2.17. The molecule has 0 bridgehead atoms. The van der Waals surface area contributed by atoms with Crippen LogP contribution < -0.4 is 4.74 Å².